The van der Waals surface area contributed by atoms with E-state index in [1.807, 2.05) is 48.5 Å². The van der Waals surface area contributed by atoms with Gasteiger partial charge >= 0.3 is 0 Å². The number of para-hydroxylation sites is 1. The maximum atomic E-state index is 12.2. The molecule has 118 valence electrons. The molecular formula is C20H17N3O. The summed E-state index contributed by atoms with van der Waals surface area (Å²) in [5, 5.41) is 5.17. The fraction of sp³-hybridized carbons (Fsp3) is 0.150. The number of nitrogens with one attached hydrogen (secondary N) is 1. The van der Waals surface area contributed by atoms with E-state index in [2.05, 4.69) is 27.6 Å². The van der Waals surface area contributed by atoms with E-state index < -0.39 is 0 Å². The fourth-order valence-corrected chi connectivity index (χ4v) is 3.03. The fourth-order valence-electron chi connectivity index (χ4n) is 3.03. The van der Waals surface area contributed by atoms with Crippen LogP contribution in [0.1, 0.15) is 23.5 Å². The van der Waals surface area contributed by atoms with Crippen molar-refractivity contribution < 1.29 is 4.79 Å². The number of pyridine rings is 1. The number of fused-ring (bicyclic) bond motifs is 1. The lowest BCUT2D eigenvalue weighted by atomic mass is 10.1. The second-order valence-corrected chi connectivity index (χ2v) is 6.02. The lowest BCUT2D eigenvalue weighted by molar-refractivity contribution is -0.122. The molecule has 0 aliphatic heterocycles. The zero-order chi connectivity index (χ0) is 16.4. The Balaban J connectivity index is 1.42. The van der Waals surface area contributed by atoms with Gasteiger partial charge in [0.2, 0.25) is 5.91 Å². The molecular weight excluding hydrogens is 298 g/mol. The van der Waals surface area contributed by atoms with Gasteiger partial charge in [0.15, 0.2) is 0 Å². The van der Waals surface area contributed by atoms with Crippen molar-refractivity contribution in [2.75, 3.05) is 0 Å². The van der Waals surface area contributed by atoms with Gasteiger partial charge in [-0.15, -0.1) is 0 Å². The molecule has 2 aromatic carbocycles. The Hall–Kier alpha value is -3.01. The molecule has 1 fully saturated rings. The molecule has 0 spiro atoms. The summed E-state index contributed by atoms with van der Waals surface area (Å²) in [6, 6.07) is 20.0. The van der Waals surface area contributed by atoms with Crippen molar-refractivity contribution in [3.8, 4) is 0 Å². The second kappa shape index (κ2) is 6.24. The van der Waals surface area contributed by atoms with E-state index in [-0.39, 0.29) is 11.8 Å². The minimum absolute atomic E-state index is 0.0201. The van der Waals surface area contributed by atoms with Crippen molar-refractivity contribution in [2.24, 2.45) is 11.0 Å². The minimum atomic E-state index is -0.0201. The highest BCUT2D eigenvalue weighted by atomic mass is 16.2. The van der Waals surface area contributed by atoms with Gasteiger partial charge in [0, 0.05) is 23.1 Å². The molecule has 2 unspecified atom stereocenters. The number of benzene rings is 2. The molecule has 0 bridgehead atoms. The highest BCUT2D eigenvalue weighted by Crippen LogP contribution is 2.47. The molecule has 1 aromatic heterocycles. The van der Waals surface area contributed by atoms with E-state index in [0.29, 0.717) is 5.92 Å². The number of hydrazone groups is 1. The van der Waals surface area contributed by atoms with Gasteiger partial charge in [-0.05, 0) is 24.0 Å². The number of amides is 1. The first-order valence-electron chi connectivity index (χ1n) is 8.04. The topological polar surface area (TPSA) is 54.4 Å². The molecule has 0 radical (unpaired) electrons. The largest absolute Gasteiger partial charge is 0.273 e. The molecule has 4 heteroatoms. The first-order chi connectivity index (χ1) is 11.8. The van der Waals surface area contributed by atoms with Gasteiger partial charge in [0.25, 0.3) is 0 Å². The average Bonchev–Trinajstić information content (AvgIpc) is 3.43. The minimum Gasteiger partial charge on any atom is -0.273 e. The Morgan fingerprint density at radius 2 is 1.92 bits per heavy atom. The quantitative estimate of drug-likeness (QED) is 0.592. The summed E-state index contributed by atoms with van der Waals surface area (Å²) in [6.45, 7) is 0. The molecule has 3 aromatic rings. The highest BCUT2D eigenvalue weighted by molar-refractivity contribution is 5.97. The number of hydrogen-bond acceptors (Lipinski definition) is 3. The molecule has 1 amide bonds. The summed E-state index contributed by atoms with van der Waals surface area (Å²) < 4.78 is 0. The van der Waals surface area contributed by atoms with Crippen LogP contribution in [-0.2, 0) is 4.79 Å². The normalized spacial score (nSPS) is 19.5. The van der Waals surface area contributed by atoms with Crippen molar-refractivity contribution in [3.63, 3.8) is 0 Å². The average molecular weight is 315 g/mol. The Morgan fingerprint density at radius 3 is 2.79 bits per heavy atom. The van der Waals surface area contributed by atoms with Gasteiger partial charge in [0.1, 0.15) is 0 Å². The monoisotopic (exact) mass is 315 g/mol. The van der Waals surface area contributed by atoms with Crippen LogP contribution in [0.25, 0.3) is 10.9 Å². The van der Waals surface area contributed by atoms with Crippen LogP contribution in [0.15, 0.2) is 72.0 Å². The molecule has 0 saturated heterocycles. The SMILES string of the molecule is O=C(NN=Cc1cccc2cccnc12)C1CC1c1ccccc1. The third-order valence-electron chi connectivity index (χ3n) is 4.40. The van der Waals surface area contributed by atoms with Gasteiger partial charge in [-0.25, -0.2) is 5.43 Å². The van der Waals surface area contributed by atoms with Crippen LogP contribution in [0.2, 0.25) is 0 Å². The number of hydrogen-bond donors (Lipinski definition) is 1. The van der Waals surface area contributed by atoms with E-state index in [1.54, 1.807) is 12.4 Å². The van der Waals surface area contributed by atoms with E-state index in [1.165, 1.54) is 5.56 Å². The zero-order valence-corrected chi connectivity index (χ0v) is 13.1. The Kier molecular flexibility index (Phi) is 3.79. The van der Waals surface area contributed by atoms with E-state index in [9.17, 15) is 4.79 Å². The van der Waals surface area contributed by atoms with E-state index in [0.717, 1.165) is 22.9 Å². The van der Waals surface area contributed by atoms with E-state index in [4.69, 9.17) is 0 Å². The van der Waals surface area contributed by atoms with Crippen LogP contribution in [0, 0.1) is 5.92 Å². The first kappa shape index (κ1) is 14.6. The van der Waals surface area contributed by atoms with E-state index >= 15 is 0 Å². The molecule has 1 heterocycles. The predicted octanol–water partition coefficient (Wildman–Crippen LogP) is 3.49. The van der Waals surface area contributed by atoms with Crippen molar-refractivity contribution in [2.45, 2.75) is 12.3 Å². The van der Waals surface area contributed by atoms with Gasteiger partial charge < -0.3 is 0 Å². The first-order valence-corrected chi connectivity index (χ1v) is 8.04. The van der Waals surface area contributed by atoms with Crippen molar-refractivity contribution in [1.82, 2.24) is 10.4 Å². The van der Waals surface area contributed by atoms with Gasteiger partial charge in [-0.1, -0.05) is 54.6 Å². The Morgan fingerprint density at radius 1 is 1.08 bits per heavy atom. The number of carbonyl (C=O) groups excluding carboxylic acids is 1. The zero-order valence-electron chi connectivity index (χ0n) is 13.1. The summed E-state index contributed by atoms with van der Waals surface area (Å²) in [4.78, 5) is 16.6. The number of rotatable bonds is 4. The summed E-state index contributed by atoms with van der Waals surface area (Å²) in [6.07, 6.45) is 4.31. The van der Waals surface area contributed by atoms with Gasteiger partial charge in [0.05, 0.1) is 11.7 Å². The van der Waals surface area contributed by atoms with Crippen LogP contribution in [0.3, 0.4) is 0 Å². The summed E-state index contributed by atoms with van der Waals surface area (Å²) in [7, 11) is 0. The summed E-state index contributed by atoms with van der Waals surface area (Å²) in [5.41, 5.74) is 5.66. The number of aromatic nitrogens is 1. The van der Waals surface area contributed by atoms with Crippen molar-refractivity contribution >= 4 is 23.0 Å². The molecule has 4 nitrogen and oxygen atoms in total. The molecule has 1 aliphatic carbocycles. The van der Waals surface area contributed by atoms with Crippen molar-refractivity contribution in [3.05, 3.63) is 78.0 Å². The maximum Gasteiger partial charge on any atom is 0.243 e. The third-order valence-corrected chi connectivity index (χ3v) is 4.40. The van der Waals surface area contributed by atoms with Crippen molar-refractivity contribution in [1.29, 1.82) is 0 Å². The van der Waals surface area contributed by atoms with Crippen LogP contribution < -0.4 is 5.43 Å². The molecule has 24 heavy (non-hydrogen) atoms. The Labute approximate surface area is 140 Å². The van der Waals surface area contributed by atoms with Crippen LogP contribution >= 0.6 is 0 Å². The summed E-state index contributed by atoms with van der Waals surface area (Å²) >= 11 is 0. The molecule has 2 atom stereocenters. The van der Waals surface area contributed by atoms with Crippen LogP contribution in [0.5, 0.6) is 0 Å². The maximum absolute atomic E-state index is 12.2. The molecule has 1 saturated carbocycles. The number of carbonyl (C=O) groups is 1. The second-order valence-electron chi connectivity index (χ2n) is 6.02. The molecule has 4 rings (SSSR count). The lowest BCUT2D eigenvalue weighted by Crippen LogP contribution is -2.20. The van der Waals surface area contributed by atoms with Crippen LogP contribution in [-0.4, -0.2) is 17.1 Å². The smallest absolute Gasteiger partial charge is 0.243 e. The standard InChI is InChI=1S/C20H17N3O/c24-20(18-12-17(18)14-6-2-1-3-7-14)23-22-13-16-9-4-8-15-10-5-11-21-19(15)16/h1-11,13,17-18H,12H2,(H,23,24). The lowest BCUT2D eigenvalue weighted by Gasteiger charge is -2.01. The van der Waals surface area contributed by atoms with Gasteiger partial charge in [-0.3, -0.25) is 9.78 Å². The van der Waals surface area contributed by atoms with Gasteiger partial charge in [-0.2, -0.15) is 5.10 Å². The third kappa shape index (κ3) is 2.91. The molecule has 1 N–H and O–H groups in total. The molecule has 1 aliphatic rings. The summed E-state index contributed by atoms with van der Waals surface area (Å²) in [5.74, 6) is 0.323. The predicted molar refractivity (Wildman–Crippen MR) is 94.8 cm³/mol. The Bertz CT molecular complexity index is 900. The highest BCUT2D eigenvalue weighted by Gasteiger charge is 2.43. The number of nitrogens with zero attached hydrogens (tertiary/aromatic N) is 2. The van der Waals surface area contributed by atoms with Crippen LogP contribution in [0.4, 0.5) is 0 Å².